The average molecular weight is 408 g/mol. The molecule has 0 atom stereocenters. The Labute approximate surface area is 174 Å². The molecule has 0 unspecified atom stereocenters. The minimum Gasteiger partial charge on any atom is -0.357 e. The Balaban J connectivity index is 1.50. The highest BCUT2D eigenvalue weighted by Crippen LogP contribution is 2.18. The quantitative estimate of drug-likeness (QED) is 0.379. The van der Waals surface area contributed by atoms with Gasteiger partial charge in [-0.3, -0.25) is 4.40 Å². The Morgan fingerprint density at radius 2 is 2.07 bits per heavy atom. The number of para-hydroxylation sites is 1. The van der Waals surface area contributed by atoms with E-state index in [1.54, 1.807) is 11.3 Å². The van der Waals surface area contributed by atoms with E-state index in [4.69, 9.17) is 4.99 Å². The second-order valence-corrected chi connectivity index (χ2v) is 7.71. The molecule has 0 spiro atoms. The first-order valence-electron chi connectivity index (χ1n) is 9.69. The normalized spacial score (nSPS) is 11.9. The molecule has 0 fully saturated rings. The highest BCUT2D eigenvalue weighted by atomic mass is 32.1. The molecule has 0 amide bonds. The summed E-state index contributed by atoms with van der Waals surface area (Å²) >= 11 is 1.63. The van der Waals surface area contributed by atoms with E-state index in [9.17, 15) is 0 Å². The summed E-state index contributed by atoms with van der Waals surface area (Å²) in [5, 5.41) is 13.3. The molecule has 4 aromatic rings. The van der Waals surface area contributed by atoms with Crippen molar-refractivity contribution in [2.24, 2.45) is 4.99 Å². The molecule has 3 heterocycles. The summed E-state index contributed by atoms with van der Waals surface area (Å²) in [6, 6.07) is 10.3. The summed E-state index contributed by atoms with van der Waals surface area (Å²) < 4.78 is 4.02. The molecule has 0 saturated carbocycles. The van der Waals surface area contributed by atoms with Crippen LogP contribution in [0, 0.1) is 13.8 Å². The maximum atomic E-state index is 4.78. The molecule has 3 aromatic heterocycles. The number of hydrogen-bond donors (Lipinski definition) is 2. The number of aromatic nitrogens is 4. The van der Waals surface area contributed by atoms with Gasteiger partial charge in [-0.15, -0.1) is 11.3 Å². The fourth-order valence-electron chi connectivity index (χ4n) is 3.27. The van der Waals surface area contributed by atoms with E-state index in [0.29, 0.717) is 13.1 Å². The molecule has 0 aliphatic carbocycles. The topological polar surface area (TPSA) is 71.5 Å². The number of fused-ring (bicyclic) bond motifs is 1. The van der Waals surface area contributed by atoms with Crippen LogP contribution in [0.2, 0.25) is 0 Å². The molecular formula is C21H25N7S. The molecule has 150 valence electrons. The lowest BCUT2D eigenvalue weighted by atomic mass is 10.2. The number of hydrogen-bond acceptors (Lipinski definition) is 4. The molecule has 29 heavy (non-hydrogen) atoms. The van der Waals surface area contributed by atoms with Gasteiger partial charge in [0, 0.05) is 30.0 Å². The second kappa shape index (κ2) is 8.48. The van der Waals surface area contributed by atoms with Crippen LogP contribution in [-0.2, 0) is 13.1 Å². The third-order valence-corrected chi connectivity index (χ3v) is 5.33. The Hall–Kier alpha value is -3.13. The zero-order chi connectivity index (χ0) is 20.2. The van der Waals surface area contributed by atoms with E-state index in [2.05, 4.69) is 52.8 Å². The summed E-state index contributed by atoms with van der Waals surface area (Å²) in [7, 11) is 0. The molecule has 0 saturated heterocycles. The second-order valence-electron chi connectivity index (χ2n) is 6.84. The zero-order valence-corrected chi connectivity index (χ0v) is 17.7. The maximum absolute atomic E-state index is 4.78. The molecule has 4 rings (SSSR count). The summed E-state index contributed by atoms with van der Waals surface area (Å²) in [6.07, 6.45) is 4.06. The number of aliphatic imine (C=N–C) groups is 1. The Morgan fingerprint density at radius 3 is 2.83 bits per heavy atom. The van der Waals surface area contributed by atoms with Crippen LogP contribution >= 0.6 is 11.3 Å². The van der Waals surface area contributed by atoms with Crippen molar-refractivity contribution >= 4 is 22.3 Å². The van der Waals surface area contributed by atoms with E-state index in [1.165, 1.54) is 0 Å². The molecule has 0 aliphatic rings. The predicted octanol–water partition coefficient (Wildman–Crippen LogP) is 3.45. The number of guanidine groups is 1. The van der Waals surface area contributed by atoms with Crippen LogP contribution in [0.5, 0.6) is 0 Å². The maximum Gasteiger partial charge on any atom is 0.193 e. The smallest absolute Gasteiger partial charge is 0.193 e. The fraction of sp³-hybridized carbons (Fsp3) is 0.286. The van der Waals surface area contributed by atoms with Gasteiger partial charge in [-0.2, -0.15) is 5.10 Å². The van der Waals surface area contributed by atoms with Gasteiger partial charge < -0.3 is 10.6 Å². The van der Waals surface area contributed by atoms with Gasteiger partial charge in [-0.25, -0.2) is 14.7 Å². The van der Waals surface area contributed by atoms with Gasteiger partial charge in [0.2, 0.25) is 0 Å². The van der Waals surface area contributed by atoms with Gasteiger partial charge in [0.1, 0.15) is 0 Å². The summed E-state index contributed by atoms with van der Waals surface area (Å²) in [5.74, 6) is 0.770. The molecule has 0 bridgehead atoms. The van der Waals surface area contributed by atoms with Crippen LogP contribution in [-0.4, -0.2) is 31.7 Å². The van der Waals surface area contributed by atoms with Crippen molar-refractivity contribution in [2.45, 2.75) is 33.9 Å². The number of nitrogens with zero attached hydrogens (tertiary/aromatic N) is 5. The Morgan fingerprint density at radius 1 is 1.21 bits per heavy atom. The molecule has 0 radical (unpaired) electrons. The molecule has 7 nitrogen and oxygen atoms in total. The van der Waals surface area contributed by atoms with Crippen LogP contribution in [0.4, 0.5) is 0 Å². The van der Waals surface area contributed by atoms with E-state index < -0.39 is 0 Å². The van der Waals surface area contributed by atoms with E-state index >= 15 is 0 Å². The lowest BCUT2D eigenvalue weighted by Gasteiger charge is -2.12. The minimum absolute atomic E-state index is 0.558. The molecule has 2 N–H and O–H groups in total. The van der Waals surface area contributed by atoms with Crippen molar-refractivity contribution in [3.8, 4) is 5.69 Å². The lowest BCUT2D eigenvalue weighted by molar-refractivity contribution is 0.794. The third kappa shape index (κ3) is 4.32. The number of benzene rings is 1. The SMILES string of the molecule is CCNC(=NCc1ccccc1-n1nc(C)cc1C)NCc1cn2ccsc2n1. The first-order valence-corrected chi connectivity index (χ1v) is 10.6. The van der Waals surface area contributed by atoms with Crippen LogP contribution in [0.25, 0.3) is 10.6 Å². The van der Waals surface area contributed by atoms with Crippen LogP contribution in [0.3, 0.4) is 0 Å². The van der Waals surface area contributed by atoms with Gasteiger partial charge >= 0.3 is 0 Å². The van der Waals surface area contributed by atoms with Gasteiger partial charge in [-0.05, 0) is 38.5 Å². The predicted molar refractivity (Wildman–Crippen MR) is 118 cm³/mol. The van der Waals surface area contributed by atoms with Gasteiger partial charge in [-0.1, -0.05) is 18.2 Å². The minimum atomic E-state index is 0.558. The number of aryl methyl sites for hydroxylation is 2. The van der Waals surface area contributed by atoms with Crippen molar-refractivity contribution in [1.29, 1.82) is 0 Å². The monoisotopic (exact) mass is 407 g/mol. The Kier molecular flexibility index (Phi) is 5.62. The summed E-state index contributed by atoms with van der Waals surface area (Å²) in [4.78, 5) is 10.4. The van der Waals surface area contributed by atoms with Crippen LogP contribution in [0.1, 0.15) is 29.6 Å². The Bertz CT molecular complexity index is 1110. The van der Waals surface area contributed by atoms with Gasteiger partial charge in [0.05, 0.1) is 30.2 Å². The van der Waals surface area contributed by atoms with Crippen molar-refractivity contribution in [3.05, 3.63) is 70.8 Å². The van der Waals surface area contributed by atoms with E-state index in [-0.39, 0.29) is 0 Å². The molecule has 8 heteroatoms. The number of thiazole rings is 1. The fourth-order valence-corrected chi connectivity index (χ4v) is 3.98. The summed E-state index contributed by atoms with van der Waals surface area (Å²) in [6.45, 7) is 8.12. The standard InChI is InChI=1S/C21H25N7S/c1-4-22-20(24-13-18-14-27-9-10-29-21(27)25-18)23-12-17-7-5-6-8-19(17)28-16(3)11-15(2)26-28/h5-11,14H,4,12-13H2,1-3H3,(H2,22,23,24). The highest BCUT2D eigenvalue weighted by molar-refractivity contribution is 7.15. The third-order valence-electron chi connectivity index (χ3n) is 4.56. The van der Waals surface area contributed by atoms with Crippen LogP contribution in [0.15, 0.2) is 53.1 Å². The van der Waals surface area contributed by atoms with E-state index in [0.717, 1.165) is 45.8 Å². The zero-order valence-electron chi connectivity index (χ0n) is 16.9. The van der Waals surface area contributed by atoms with Crippen molar-refractivity contribution in [3.63, 3.8) is 0 Å². The number of nitrogens with one attached hydrogen (secondary N) is 2. The highest BCUT2D eigenvalue weighted by Gasteiger charge is 2.09. The number of rotatable bonds is 6. The summed E-state index contributed by atoms with van der Waals surface area (Å²) in [5.41, 5.74) is 5.30. The lowest BCUT2D eigenvalue weighted by Crippen LogP contribution is -2.36. The molecule has 1 aromatic carbocycles. The first kappa shape index (κ1) is 19.2. The van der Waals surface area contributed by atoms with E-state index in [1.807, 2.05) is 45.9 Å². The average Bonchev–Trinajstić information content (AvgIpc) is 3.39. The largest absolute Gasteiger partial charge is 0.357 e. The molecule has 0 aliphatic heterocycles. The van der Waals surface area contributed by atoms with Crippen molar-refractivity contribution in [2.75, 3.05) is 6.54 Å². The first-order chi connectivity index (χ1) is 14.1. The number of imidazole rings is 1. The van der Waals surface area contributed by atoms with Gasteiger partial charge in [0.25, 0.3) is 0 Å². The van der Waals surface area contributed by atoms with Crippen molar-refractivity contribution < 1.29 is 0 Å². The van der Waals surface area contributed by atoms with Gasteiger partial charge in [0.15, 0.2) is 10.9 Å². The molecular weight excluding hydrogens is 382 g/mol. The van der Waals surface area contributed by atoms with Crippen LogP contribution < -0.4 is 10.6 Å². The van der Waals surface area contributed by atoms with Crippen molar-refractivity contribution in [1.82, 2.24) is 29.8 Å².